The summed E-state index contributed by atoms with van der Waals surface area (Å²) in [5.74, 6) is 0.135. The van der Waals surface area contributed by atoms with Crippen LogP contribution in [0.4, 0.5) is 0 Å². The summed E-state index contributed by atoms with van der Waals surface area (Å²) in [6.07, 6.45) is 0.964. The summed E-state index contributed by atoms with van der Waals surface area (Å²) in [5.41, 5.74) is 5.47. The van der Waals surface area contributed by atoms with E-state index in [1.54, 1.807) is 0 Å². The van der Waals surface area contributed by atoms with Gasteiger partial charge in [-0.3, -0.25) is 4.79 Å². The lowest BCUT2D eigenvalue weighted by atomic mass is 9.84. The Morgan fingerprint density at radius 2 is 2.06 bits per heavy atom. The Hall–Kier alpha value is -0.650. The molecule has 1 amide bonds. The Labute approximate surface area is 110 Å². The van der Waals surface area contributed by atoms with Crippen molar-refractivity contribution >= 4 is 5.91 Å². The number of rotatable bonds is 6. The minimum atomic E-state index is -0.554. The monoisotopic (exact) mass is 257 g/mol. The molecule has 0 aliphatic carbocycles. The maximum Gasteiger partial charge on any atom is 0.232 e. The van der Waals surface area contributed by atoms with Gasteiger partial charge in [0.15, 0.2) is 0 Å². The van der Waals surface area contributed by atoms with Gasteiger partial charge in [-0.1, -0.05) is 6.92 Å². The highest BCUT2D eigenvalue weighted by Gasteiger charge is 2.46. The predicted octanol–water partition coefficient (Wildman–Crippen LogP) is 0.150. The number of likely N-dealkylation sites (N-methyl/N-ethyl adjacent to an activating group) is 1. The lowest BCUT2D eigenvalue weighted by molar-refractivity contribution is -0.142. The van der Waals surface area contributed by atoms with Gasteiger partial charge in [-0.15, -0.1) is 0 Å². The second kappa shape index (κ2) is 6.50. The van der Waals surface area contributed by atoms with Crippen LogP contribution in [0, 0.1) is 5.41 Å². The molecule has 18 heavy (non-hydrogen) atoms. The molecule has 0 bridgehead atoms. The van der Waals surface area contributed by atoms with Crippen molar-refractivity contribution in [2.75, 3.05) is 46.9 Å². The highest BCUT2D eigenvalue weighted by molar-refractivity contribution is 5.83. The molecular formula is C13H27N3O2. The summed E-state index contributed by atoms with van der Waals surface area (Å²) >= 11 is 0. The number of amides is 1. The zero-order valence-electron chi connectivity index (χ0n) is 12.1. The minimum absolute atomic E-state index is 0.135. The Balaban J connectivity index is 2.69. The average Bonchev–Trinajstić information content (AvgIpc) is 2.65. The molecule has 1 aliphatic rings. The molecule has 5 nitrogen and oxygen atoms in total. The third-order valence-corrected chi connectivity index (χ3v) is 3.60. The van der Waals surface area contributed by atoms with Gasteiger partial charge in [-0.2, -0.15) is 0 Å². The summed E-state index contributed by atoms with van der Waals surface area (Å²) in [4.78, 5) is 16.6. The lowest BCUT2D eigenvalue weighted by Gasteiger charge is -2.33. The normalized spacial score (nSPS) is 27.8. The van der Waals surface area contributed by atoms with E-state index in [9.17, 15) is 4.79 Å². The minimum Gasteiger partial charge on any atom is -0.379 e. The molecule has 2 N–H and O–H groups in total. The summed E-state index contributed by atoms with van der Waals surface area (Å²) in [7, 11) is 4.03. The van der Waals surface area contributed by atoms with E-state index in [4.69, 9.17) is 10.5 Å². The topological polar surface area (TPSA) is 58.8 Å². The van der Waals surface area contributed by atoms with Crippen LogP contribution in [0.2, 0.25) is 0 Å². The summed E-state index contributed by atoms with van der Waals surface area (Å²) in [6, 6.07) is -0.191. The van der Waals surface area contributed by atoms with Gasteiger partial charge >= 0.3 is 0 Å². The van der Waals surface area contributed by atoms with Crippen molar-refractivity contribution in [2.24, 2.45) is 11.1 Å². The number of nitrogens with zero attached hydrogens (tertiary/aromatic N) is 2. The fourth-order valence-corrected chi connectivity index (χ4v) is 2.18. The van der Waals surface area contributed by atoms with Crippen LogP contribution >= 0.6 is 0 Å². The maximum absolute atomic E-state index is 12.6. The second-order valence-electron chi connectivity index (χ2n) is 5.63. The van der Waals surface area contributed by atoms with Gasteiger partial charge < -0.3 is 20.3 Å². The quantitative estimate of drug-likeness (QED) is 0.736. The first-order valence-corrected chi connectivity index (χ1v) is 6.69. The van der Waals surface area contributed by atoms with Crippen molar-refractivity contribution in [1.29, 1.82) is 0 Å². The van der Waals surface area contributed by atoms with E-state index in [0.29, 0.717) is 13.2 Å². The number of nitrogens with two attached hydrogens (primary N) is 1. The average molecular weight is 257 g/mol. The Morgan fingerprint density at radius 3 is 2.50 bits per heavy atom. The van der Waals surface area contributed by atoms with Crippen LogP contribution in [-0.2, 0) is 9.53 Å². The molecule has 0 aromatic rings. The van der Waals surface area contributed by atoms with Gasteiger partial charge in [0.2, 0.25) is 5.91 Å². The molecular weight excluding hydrogens is 230 g/mol. The molecule has 0 saturated carbocycles. The van der Waals surface area contributed by atoms with E-state index in [2.05, 4.69) is 11.8 Å². The molecule has 2 atom stereocenters. The van der Waals surface area contributed by atoms with E-state index in [-0.39, 0.29) is 11.9 Å². The van der Waals surface area contributed by atoms with Crippen molar-refractivity contribution in [3.05, 3.63) is 0 Å². The van der Waals surface area contributed by atoms with Gasteiger partial charge in [0.05, 0.1) is 18.6 Å². The van der Waals surface area contributed by atoms with Crippen LogP contribution in [0.25, 0.3) is 0 Å². The summed E-state index contributed by atoms with van der Waals surface area (Å²) < 4.78 is 5.36. The molecule has 106 valence electrons. The highest BCUT2D eigenvalue weighted by Crippen LogP contribution is 2.29. The van der Waals surface area contributed by atoms with E-state index >= 15 is 0 Å². The molecule has 1 rings (SSSR count). The molecule has 2 unspecified atom stereocenters. The van der Waals surface area contributed by atoms with Crippen molar-refractivity contribution in [2.45, 2.75) is 26.3 Å². The molecule has 5 heteroatoms. The largest absolute Gasteiger partial charge is 0.379 e. The van der Waals surface area contributed by atoms with Crippen LogP contribution in [0.15, 0.2) is 0 Å². The number of hydrogen-bond donors (Lipinski definition) is 1. The maximum atomic E-state index is 12.6. The zero-order valence-corrected chi connectivity index (χ0v) is 12.1. The van der Waals surface area contributed by atoms with Crippen molar-refractivity contribution in [1.82, 2.24) is 9.80 Å². The van der Waals surface area contributed by atoms with Crippen LogP contribution in [-0.4, -0.2) is 68.7 Å². The second-order valence-corrected chi connectivity index (χ2v) is 5.63. The summed E-state index contributed by atoms with van der Waals surface area (Å²) in [6.45, 7) is 7.34. The van der Waals surface area contributed by atoms with E-state index < -0.39 is 5.41 Å². The standard InChI is InChI=1S/C13H27N3O2/c1-5-6-16(8-7-15(3)4)12(17)13(2)10-18-9-11(13)14/h11H,5-10,14H2,1-4H3. The number of carbonyl (C=O) groups is 1. The third-order valence-electron chi connectivity index (χ3n) is 3.60. The van der Waals surface area contributed by atoms with Crippen LogP contribution in [0.5, 0.6) is 0 Å². The number of hydrogen-bond acceptors (Lipinski definition) is 4. The number of carbonyl (C=O) groups excluding carboxylic acids is 1. The van der Waals surface area contributed by atoms with Crippen molar-refractivity contribution in [3.8, 4) is 0 Å². The van der Waals surface area contributed by atoms with E-state index in [0.717, 1.165) is 26.1 Å². The fourth-order valence-electron chi connectivity index (χ4n) is 2.18. The van der Waals surface area contributed by atoms with E-state index in [1.165, 1.54) is 0 Å². The third kappa shape index (κ3) is 3.43. The van der Waals surface area contributed by atoms with E-state index in [1.807, 2.05) is 25.9 Å². The fraction of sp³-hybridized carbons (Fsp3) is 0.923. The Morgan fingerprint density at radius 1 is 1.39 bits per heavy atom. The molecule has 0 aromatic heterocycles. The SMILES string of the molecule is CCCN(CCN(C)C)C(=O)C1(C)COCC1N. The molecule has 0 spiro atoms. The van der Waals surface area contributed by atoms with Crippen LogP contribution < -0.4 is 5.73 Å². The molecule has 1 aliphatic heterocycles. The van der Waals surface area contributed by atoms with Crippen molar-refractivity contribution in [3.63, 3.8) is 0 Å². The Kier molecular flexibility index (Phi) is 5.56. The van der Waals surface area contributed by atoms with Gasteiger partial charge in [0.25, 0.3) is 0 Å². The first kappa shape index (κ1) is 15.4. The predicted molar refractivity (Wildman–Crippen MR) is 72.3 cm³/mol. The molecule has 0 radical (unpaired) electrons. The lowest BCUT2D eigenvalue weighted by Crippen LogP contribution is -2.52. The smallest absolute Gasteiger partial charge is 0.232 e. The zero-order chi connectivity index (χ0) is 13.8. The van der Waals surface area contributed by atoms with Gasteiger partial charge in [-0.05, 0) is 27.4 Å². The van der Waals surface area contributed by atoms with Gasteiger partial charge in [0, 0.05) is 25.7 Å². The van der Waals surface area contributed by atoms with Gasteiger partial charge in [-0.25, -0.2) is 0 Å². The highest BCUT2D eigenvalue weighted by atomic mass is 16.5. The van der Waals surface area contributed by atoms with Crippen molar-refractivity contribution < 1.29 is 9.53 Å². The van der Waals surface area contributed by atoms with Crippen LogP contribution in [0.1, 0.15) is 20.3 Å². The molecule has 1 fully saturated rings. The first-order valence-electron chi connectivity index (χ1n) is 6.69. The summed E-state index contributed by atoms with van der Waals surface area (Å²) in [5, 5.41) is 0. The molecule has 0 aromatic carbocycles. The van der Waals surface area contributed by atoms with Crippen LogP contribution in [0.3, 0.4) is 0 Å². The first-order chi connectivity index (χ1) is 8.41. The molecule has 1 saturated heterocycles. The molecule has 1 heterocycles. The van der Waals surface area contributed by atoms with Gasteiger partial charge in [0.1, 0.15) is 0 Å². The number of ether oxygens (including phenoxy) is 1. The Bertz CT molecular complexity index is 283.